The van der Waals surface area contributed by atoms with Crippen LogP contribution in [-0.2, 0) is 10.1 Å². The third kappa shape index (κ3) is 28.1. The van der Waals surface area contributed by atoms with Gasteiger partial charge in [0.25, 0.3) is 10.1 Å². The zero-order valence-corrected chi connectivity index (χ0v) is 26.3. The second kappa shape index (κ2) is 29.1. The molecule has 1 aromatic carbocycles. The average molecular weight is 553 g/mol. The van der Waals surface area contributed by atoms with E-state index in [1.54, 1.807) is 18.2 Å². The average Bonchev–Trinajstić information content (AvgIpc) is 2.91. The molecule has 0 atom stereocenters. The molecule has 1 rings (SSSR count). The fourth-order valence-electron chi connectivity index (χ4n) is 4.98. The van der Waals surface area contributed by atoms with Gasteiger partial charge in [0.05, 0.1) is 4.90 Å². The molecule has 38 heavy (non-hydrogen) atoms. The van der Waals surface area contributed by atoms with Crippen LogP contribution in [0.3, 0.4) is 0 Å². The zero-order chi connectivity index (χ0) is 28.0. The molecule has 0 saturated carbocycles. The molecule has 1 N–H and O–H groups in total. The van der Waals surface area contributed by atoms with E-state index in [4.69, 9.17) is 4.55 Å². The van der Waals surface area contributed by atoms with Gasteiger partial charge in [-0.25, -0.2) is 0 Å². The molecule has 0 aliphatic carbocycles. The van der Waals surface area contributed by atoms with Gasteiger partial charge in [-0.15, -0.1) is 0 Å². The van der Waals surface area contributed by atoms with Gasteiger partial charge in [0.15, 0.2) is 0 Å². The molecule has 3 nitrogen and oxygen atoms in total. The van der Waals surface area contributed by atoms with Crippen LogP contribution in [0.2, 0.25) is 0 Å². The van der Waals surface area contributed by atoms with Crippen molar-refractivity contribution in [2.24, 2.45) is 0 Å². The fraction of sp³-hybridized carbons (Fsp3) is 0.824. The minimum atomic E-state index is -4.00. The second-order valence-corrected chi connectivity index (χ2v) is 12.7. The predicted octanol–water partition coefficient (Wildman–Crippen LogP) is 12.1. The largest absolute Gasteiger partial charge is 0.294 e. The summed E-state index contributed by atoms with van der Waals surface area (Å²) in [5, 5.41) is 0. The summed E-state index contributed by atoms with van der Waals surface area (Å²) in [6.45, 7) is 4.61. The van der Waals surface area contributed by atoms with Crippen molar-refractivity contribution in [1.29, 1.82) is 0 Å². The lowest BCUT2D eigenvalue weighted by molar-refractivity contribution is 0.483. The molecule has 224 valence electrons. The Bertz CT molecular complexity index is 646. The lowest BCUT2D eigenvalue weighted by Crippen LogP contribution is -1.96. The van der Waals surface area contributed by atoms with E-state index in [0.29, 0.717) is 0 Å². The zero-order valence-electron chi connectivity index (χ0n) is 25.4. The van der Waals surface area contributed by atoms with Crippen molar-refractivity contribution in [2.45, 2.75) is 186 Å². The van der Waals surface area contributed by atoms with Crippen molar-refractivity contribution < 1.29 is 13.0 Å². The Labute approximate surface area is 238 Å². The lowest BCUT2D eigenvalue weighted by Gasteiger charge is -2.04. The van der Waals surface area contributed by atoms with Gasteiger partial charge in [0.1, 0.15) is 0 Å². The van der Waals surface area contributed by atoms with E-state index in [9.17, 15) is 8.42 Å². The SMILES string of the molecule is CCCCCCCCCCCCCCCCCCCCCCCCCCCC.O=S(=O)(O)c1ccccc1. The molecule has 4 heteroatoms. The molecule has 0 amide bonds. The highest BCUT2D eigenvalue weighted by molar-refractivity contribution is 7.85. The number of unbranched alkanes of at least 4 members (excludes halogenated alkanes) is 25. The lowest BCUT2D eigenvalue weighted by atomic mass is 10.0. The highest BCUT2D eigenvalue weighted by atomic mass is 32.2. The van der Waals surface area contributed by atoms with Crippen molar-refractivity contribution in [3.8, 4) is 0 Å². The van der Waals surface area contributed by atoms with E-state index >= 15 is 0 Å². The standard InChI is InChI=1S/C28H58.C6H6O3S/c1-3-5-7-9-11-13-15-17-19-21-23-25-27-28-26-24-22-20-18-16-14-12-10-8-6-4-2;7-10(8,9)6-4-2-1-3-5-6/h3-28H2,1-2H3;1-5H,(H,7,8,9). The maximum absolute atomic E-state index is 10.4. The Morgan fingerprint density at radius 1 is 0.421 bits per heavy atom. The van der Waals surface area contributed by atoms with Gasteiger partial charge in [-0.05, 0) is 12.1 Å². The molecular weight excluding hydrogens is 488 g/mol. The Balaban J connectivity index is 0.00000113. The number of benzene rings is 1. The van der Waals surface area contributed by atoms with Crippen LogP contribution < -0.4 is 0 Å². The van der Waals surface area contributed by atoms with Crippen molar-refractivity contribution in [2.75, 3.05) is 0 Å². The molecule has 0 spiro atoms. The predicted molar refractivity (Wildman–Crippen MR) is 168 cm³/mol. The molecule has 0 saturated heterocycles. The van der Waals surface area contributed by atoms with Gasteiger partial charge in [0.2, 0.25) is 0 Å². The maximum Gasteiger partial charge on any atom is 0.294 e. The molecule has 1 aromatic rings. The first-order valence-corrected chi connectivity index (χ1v) is 18.0. The van der Waals surface area contributed by atoms with Crippen molar-refractivity contribution >= 4 is 10.1 Å². The fourth-order valence-corrected chi connectivity index (χ4v) is 5.48. The summed E-state index contributed by atoms with van der Waals surface area (Å²) in [5.41, 5.74) is 0. The molecule has 0 fully saturated rings. The first-order valence-electron chi connectivity index (χ1n) is 16.5. The normalized spacial score (nSPS) is 11.3. The van der Waals surface area contributed by atoms with Gasteiger partial charge in [-0.1, -0.05) is 199 Å². The van der Waals surface area contributed by atoms with Gasteiger partial charge < -0.3 is 0 Å². The maximum atomic E-state index is 10.4. The number of hydrogen-bond acceptors (Lipinski definition) is 2. The van der Waals surface area contributed by atoms with E-state index in [2.05, 4.69) is 13.8 Å². The summed E-state index contributed by atoms with van der Waals surface area (Å²) >= 11 is 0. The van der Waals surface area contributed by atoms with Crippen LogP contribution in [0.4, 0.5) is 0 Å². The van der Waals surface area contributed by atoms with E-state index in [1.807, 2.05) is 0 Å². The molecule has 0 aromatic heterocycles. The Hall–Kier alpha value is -0.870. The van der Waals surface area contributed by atoms with E-state index in [-0.39, 0.29) is 4.90 Å². The first-order chi connectivity index (χ1) is 18.5. The molecule has 0 aliphatic heterocycles. The summed E-state index contributed by atoms with van der Waals surface area (Å²) in [6, 6.07) is 7.42. The molecular formula is C34H64O3S. The second-order valence-electron chi connectivity index (χ2n) is 11.3. The Morgan fingerprint density at radius 2 is 0.632 bits per heavy atom. The summed E-state index contributed by atoms with van der Waals surface area (Å²) in [6.07, 6.45) is 38.4. The molecule has 0 aliphatic rings. The van der Waals surface area contributed by atoms with Crippen LogP contribution in [0.15, 0.2) is 35.2 Å². The van der Waals surface area contributed by atoms with Crippen molar-refractivity contribution in [3.63, 3.8) is 0 Å². The van der Waals surface area contributed by atoms with Crippen molar-refractivity contribution in [1.82, 2.24) is 0 Å². The van der Waals surface area contributed by atoms with Gasteiger partial charge >= 0.3 is 0 Å². The topological polar surface area (TPSA) is 54.4 Å². The van der Waals surface area contributed by atoms with Crippen LogP contribution in [0, 0.1) is 0 Å². The first kappa shape index (κ1) is 37.1. The highest BCUT2D eigenvalue weighted by Crippen LogP contribution is 2.16. The van der Waals surface area contributed by atoms with E-state index in [0.717, 1.165) is 0 Å². The van der Waals surface area contributed by atoms with Gasteiger partial charge in [-0.2, -0.15) is 8.42 Å². The minimum absolute atomic E-state index is 0.0741. The summed E-state index contributed by atoms with van der Waals surface area (Å²) in [4.78, 5) is -0.0741. The summed E-state index contributed by atoms with van der Waals surface area (Å²) < 4.78 is 29.2. The van der Waals surface area contributed by atoms with E-state index in [1.165, 1.54) is 179 Å². The molecule has 0 heterocycles. The van der Waals surface area contributed by atoms with Gasteiger partial charge in [0, 0.05) is 0 Å². The minimum Gasteiger partial charge on any atom is -0.282 e. The quantitative estimate of drug-likeness (QED) is 0.0918. The molecule has 0 radical (unpaired) electrons. The third-order valence-electron chi connectivity index (χ3n) is 7.50. The van der Waals surface area contributed by atoms with Crippen LogP contribution in [-0.4, -0.2) is 13.0 Å². The Kier molecular flexibility index (Phi) is 28.5. The van der Waals surface area contributed by atoms with Crippen LogP contribution >= 0.6 is 0 Å². The smallest absolute Gasteiger partial charge is 0.282 e. The third-order valence-corrected chi connectivity index (χ3v) is 8.37. The van der Waals surface area contributed by atoms with Crippen LogP contribution in [0.1, 0.15) is 181 Å². The molecule has 0 unspecified atom stereocenters. The highest BCUT2D eigenvalue weighted by Gasteiger charge is 2.05. The summed E-state index contributed by atoms with van der Waals surface area (Å²) in [5.74, 6) is 0. The number of hydrogen-bond donors (Lipinski definition) is 1. The Morgan fingerprint density at radius 3 is 0.789 bits per heavy atom. The van der Waals surface area contributed by atoms with Crippen LogP contribution in [0.25, 0.3) is 0 Å². The van der Waals surface area contributed by atoms with Crippen molar-refractivity contribution in [3.05, 3.63) is 30.3 Å². The van der Waals surface area contributed by atoms with Gasteiger partial charge in [-0.3, -0.25) is 4.55 Å². The van der Waals surface area contributed by atoms with Crippen LogP contribution in [0.5, 0.6) is 0 Å². The summed E-state index contributed by atoms with van der Waals surface area (Å²) in [7, 11) is -4.00. The monoisotopic (exact) mass is 552 g/mol. The van der Waals surface area contributed by atoms with E-state index < -0.39 is 10.1 Å². The molecule has 0 bridgehead atoms. The number of rotatable bonds is 26.